The molecule has 12 nitrogen and oxygen atoms in total. The van der Waals surface area contributed by atoms with Crippen molar-refractivity contribution in [2.45, 2.75) is 53.6 Å². The fourth-order valence-electron chi connectivity index (χ4n) is 4.96. The van der Waals surface area contributed by atoms with E-state index in [-0.39, 0.29) is 17.5 Å². The molecule has 2 aliphatic rings. The number of azo groups is 1. The first-order valence-corrected chi connectivity index (χ1v) is 16.7. The van der Waals surface area contributed by atoms with Crippen LogP contribution < -0.4 is 15.5 Å². The predicted molar refractivity (Wildman–Crippen MR) is 178 cm³/mol. The van der Waals surface area contributed by atoms with Crippen molar-refractivity contribution >= 4 is 50.6 Å². The third-order valence-corrected chi connectivity index (χ3v) is 10.7. The largest absolute Gasteiger partial charge is 0.506 e. The number of phenolic OH excluding ortho intramolecular Hbond substituents is 1. The number of nitrogens with zero attached hydrogens (tertiary/aromatic N) is 6. The molecule has 2 amide bonds. The number of fused-ring (bicyclic) bond motifs is 3. The number of anilines is 3. The van der Waals surface area contributed by atoms with Crippen molar-refractivity contribution in [1.82, 2.24) is 9.21 Å². The molecule has 0 fully saturated rings. The number of primary amides is 1. The number of aliphatic hydroxyl groups is 1. The molecule has 45 heavy (non-hydrogen) atoms. The number of sulfonamides is 1. The number of likely N-dealkylation sites (N-methyl/N-ethyl adjacent to an activating group) is 1. The van der Waals surface area contributed by atoms with Crippen LogP contribution in [0, 0.1) is 0 Å². The summed E-state index contributed by atoms with van der Waals surface area (Å²) in [6, 6.07) is 16.3. The van der Waals surface area contributed by atoms with Gasteiger partial charge in [-0.05, 0) is 71.3 Å². The van der Waals surface area contributed by atoms with E-state index in [2.05, 4.69) is 53.2 Å². The van der Waals surface area contributed by atoms with E-state index in [0.717, 1.165) is 28.5 Å². The molecule has 5 rings (SSSR count). The number of β-amino-alcohol motifs (C(OH)–C–C–N with tert-alkyl or cyclic N) is 1. The van der Waals surface area contributed by atoms with Gasteiger partial charge in [0.25, 0.3) is 0 Å². The summed E-state index contributed by atoms with van der Waals surface area (Å²) < 4.78 is 26.4. The zero-order valence-corrected chi connectivity index (χ0v) is 28.2. The van der Waals surface area contributed by atoms with Crippen LogP contribution in [0.3, 0.4) is 0 Å². The quantitative estimate of drug-likeness (QED) is 0.287. The van der Waals surface area contributed by atoms with Crippen molar-refractivity contribution in [3.63, 3.8) is 0 Å². The number of urea groups is 1. The molecule has 2 atom stereocenters. The lowest BCUT2D eigenvalue weighted by atomic mass is 10.1. The number of aromatic hydroxyl groups is 1. The summed E-state index contributed by atoms with van der Waals surface area (Å²) in [6.07, 6.45) is -0.652. The second-order valence-corrected chi connectivity index (χ2v) is 14.8. The zero-order valence-electron chi connectivity index (χ0n) is 26.5. The molecule has 0 bridgehead atoms. The Balaban J connectivity index is 0.000000215. The van der Waals surface area contributed by atoms with E-state index in [4.69, 9.17) is 5.73 Å². The van der Waals surface area contributed by atoms with Crippen molar-refractivity contribution in [3.05, 3.63) is 60.2 Å². The van der Waals surface area contributed by atoms with Crippen molar-refractivity contribution in [1.29, 1.82) is 0 Å². The summed E-state index contributed by atoms with van der Waals surface area (Å²) in [5.74, 6) is -0.108. The van der Waals surface area contributed by atoms with Gasteiger partial charge < -0.3 is 30.6 Å². The van der Waals surface area contributed by atoms with Crippen LogP contribution in [0.4, 0.5) is 27.5 Å². The average Bonchev–Trinajstić information content (AvgIpc) is 3.30. The van der Waals surface area contributed by atoms with E-state index in [1.165, 1.54) is 21.3 Å². The van der Waals surface area contributed by atoms with E-state index in [0.29, 0.717) is 23.0 Å². The van der Waals surface area contributed by atoms with Gasteiger partial charge in [-0.1, -0.05) is 29.0 Å². The number of para-hydroxylation sites is 1. The predicted octanol–water partition coefficient (Wildman–Crippen LogP) is 5.31. The maximum atomic E-state index is 12.6. The molecule has 2 heterocycles. The van der Waals surface area contributed by atoms with Crippen molar-refractivity contribution in [2.24, 2.45) is 16.0 Å². The molecule has 4 N–H and O–H groups in total. The SMILES string of the molecule is CC(C)N1CC(O)c2cc(N=NC(N)=O)c(O)cc21.CC(CN1c2ccccc2Sc2ccc(S(=O)(=O)N(C)C)cc21)N(C)C. The van der Waals surface area contributed by atoms with Crippen LogP contribution in [-0.4, -0.2) is 87.2 Å². The minimum absolute atomic E-state index is 0.108. The summed E-state index contributed by atoms with van der Waals surface area (Å²) >= 11 is 1.69. The normalized spacial score (nSPS) is 16.5. The van der Waals surface area contributed by atoms with Crippen LogP contribution in [-0.2, 0) is 10.0 Å². The van der Waals surface area contributed by atoms with Crippen molar-refractivity contribution in [2.75, 3.05) is 51.1 Å². The number of benzene rings is 3. The lowest BCUT2D eigenvalue weighted by Gasteiger charge is -2.36. The molecule has 242 valence electrons. The minimum atomic E-state index is -3.47. The zero-order chi connectivity index (χ0) is 33.2. The summed E-state index contributed by atoms with van der Waals surface area (Å²) in [6.45, 7) is 7.41. The van der Waals surface area contributed by atoms with E-state index in [1.807, 2.05) is 36.9 Å². The number of hydrogen-bond acceptors (Lipinski definition) is 10. The molecule has 2 aliphatic heterocycles. The Morgan fingerprint density at radius 2 is 1.69 bits per heavy atom. The van der Waals surface area contributed by atoms with Crippen LogP contribution in [0.15, 0.2) is 79.5 Å². The number of carbonyl (C=O) groups excluding carboxylic acids is 1. The number of hydrogen-bond donors (Lipinski definition) is 3. The van der Waals surface area contributed by atoms with Gasteiger partial charge in [-0.15, -0.1) is 5.11 Å². The highest BCUT2D eigenvalue weighted by atomic mass is 32.2. The van der Waals surface area contributed by atoms with Gasteiger partial charge in [-0.2, -0.15) is 0 Å². The molecule has 0 radical (unpaired) electrons. The maximum absolute atomic E-state index is 12.6. The molecule has 0 spiro atoms. The first-order chi connectivity index (χ1) is 21.1. The van der Waals surface area contributed by atoms with Crippen LogP contribution in [0.5, 0.6) is 5.75 Å². The standard InChI is InChI=1S/C19H25N3O2S2.C12H16N4O3/c1-14(20(2)3)13-22-16-8-6-7-9-18(16)25-19-11-10-15(12-17(19)22)26(23,24)21(4)5;1-6(2)16-5-11(18)7-3-8(14-15-12(13)19)10(17)4-9(7)16/h6-12,14H,13H2,1-5H3;3-4,6,11,17-18H,5H2,1-2H3,(H2,13,19). The number of nitrogens with two attached hydrogens (primary N) is 1. The summed E-state index contributed by atoms with van der Waals surface area (Å²) in [4.78, 5) is 19.5. The third kappa shape index (κ3) is 7.42. The van der Waals surface area contributed by atoms with Gasteiger partial charge >= 0.3 is 6.03 Å². The third-order valence-electron chi connectivity index (χ3n) is 7.75. The van der Waals surface area contributed by atoms with Crippen LogP contribution in [0.25, 0.3) is 0 Å². The fraction of sp³-hybridized carbons (Fsp3) is 0.387. The summed E-state index contributed by atoms with van der Waals surface area (Å²) in [7, 11) is 3.77. The smallest absolute Gasteiger partial charge is 0.356 e. The second-order valence-electron chi connectivity index (χ2n) is 11.6. The molecule has 3 aromatic carbocycles. The van der Waals surface area contributed by atoms with E-state index >= 15 is 0 Å². The van der Waals surface area contributed by atoms with Gasteiger partial charge in [0.1, 0.15) is 11.4 Å². The molecule has 3 aromatic rings. The molecule has 0 saturated carbocycles. The Bertz CT molecular complexity index is 1700. The molecular formula is C31H41N7O5S2. The lowest BCUT2D eigenvalue weighted by Crippen LogP contribution is -2.37. The topological polar surface area (TPSA) is 155 Å². The first-order valence-electron chi connectivity index (χ1n) is 14.4. The molecule has 0 aromatic heterocycles. The Labute approximate surface area is 269 Å². The Hall–Kier alpha value is -3.69. The minimum Gasteiger partial charge on any atom is -0.506 e. The molecule has 0 saturated heterocycles. The molecule has 0 aliphatic carbocycles. The van der Waals surface area contributed by atoms with Gasteiger partial charge in [0.05, 0.1) is 22.4 Å². The highest BCUT2D eigenvalue weighted by molar-refractivity contribution is 7.99. The summed E-state index contributed by atoms with van der Waals surface area (Å²) in [5.41, 5.74) is 8.46. The highest BCUT2D eigenvalue weighted by Gasteiger charge is 2.30. The van der Waals surface area contributed by atoms with E-state index < -0.39 is 22.2 Å². The number of aliphatic hydroxyl groups excluding tert-OH is 1. The van der Waals surface area contributed by atoms with E-state index in [1.54, 1.807) is 38.0 Å². The van der Waals surface area contributed by atoms with Gasteiger partial charge in [-0.25, -0.2) is 17.5 Å². The Morgan fingerprint density at radius 1 is 1.02 bits per heavy atom. The number of amides is 2. The van der Waals surface area contributed by atoms with Crippen LogP contribution >= 0.6 is 11.8 Å². The van der Waals surface area contributed by atoms with Crippen LogP contribution in [0.2, 0.25) is 0 Å². The molecular weight excluding hydrogens is 615 g/mol. The fourth-order valence-corrected chi connectivity index (χ4v) is 6.96. The highest BCUT2D eigenvalue weighted by Crippen LogP contribution is 2.49. The Morgan fingerprint density at radius 3 is 2.31 bits per heavy atom. The average molecular weight is 656 g/mol. The monoisotopic (exact) mass is 655 g/mol. The summed E-state index contributed by atoms with van der Waals surface area (Å²) in [5, 5.41) is 26.6. The maximum Gasteiger partial charge on any atom is 0.356 e. The number of phenols is 1. The van der Waals surface area contributed by atoms with Crippen LogP contribution in [0.1, 0.15) is 32.4 Å². The van der Waals surface area contributed by atoms with E-state index in [9.17, 15) is 23.4 Å². The molecule has 14 heteroatoms. The Kier molecular flexibility index (Phi) is 10.4. The van der Waals surface area contributed by atoms with Gasteiger partial charge in [0, 0.05) is 66.4 Å². The van der Waals surface area contributed by atoms with Crippen molar-refractivity contribution in [3.8, 4) is 5.75 Å². The number of rotatable bonds is 7. The van der Waals surface area contributed by atoms with Gasteiger partial charge in [0.15, 0.2) is 0 Å². The molecule has 2 unspecified atom stereocenters. The van der Waals surface area contributed by atoms with Crippen molar-refractivity contribution < 1.29 is 23.4 Å². The van der Waals surface area contributed by atoms with Gasteiger partial charge in [0.2, 0.25) is 10.0 Å². The number of carbonyl (C=O) groups is 1. The first kappa shape index (κ1) is 34.2. The van der Waals surface area contributed by atoms with Gasteiger partial charge in [-0.3, -0.25) is 0 Å². The lowest BCUT2D eigenvalue weighted by molar-refractivity contribution is 0.193. The second kappa shape index (κ2) is 13.7.